The Bertz CT molecular complexity index is 1230. The predicted octanol–water partition coefficient (Wildman–Crippen LogP) is 3.69. The van der Waals surface area contributed by atoms with Crippen molar-refractivity contribution in [2.75, 3.05) is 24.1 Å². The van der Waals surface area contributed by atoms with E-state index < -0.39 is 0 Å². The molecule has 4 N–H and O–H groups in total. The number of carbonyl (C=O) groups excluding carboxylic acids is 1. The summed E-state index contributed by atoms with van der Waals surface area (Å²) in [5.74, 6) is 7.19. The van der Waals surface area contributed by atoms with Gasteiger partial charge in [-0.3, -0.25) is 10.2 Å². The van der Waals surface area contributed by atoms with Crippen molar-refractivity contribution in [3.05, 3.63) is 72.1 Å². The maximum atomic E-state index is 12.3. The summed E-state index contributed by atoms with van der Waals surface area (Å²) in [6.45, 7) is 2.83. The lowest BCUT2D eigenvalue weighted by Crippen LogP contribution is -2.39. The Morgan fingerprint density at radius 2 is 1.91 bits per heavy atom. The van der Waals surface area contributed by atoms with Gasteiger partial charge in [-0.25, -0.2) is 9.97 Å². The third-order valence-electron chi connectivity index (χ3n) is 5.62. The van der Waals surface area contributed by atoms with Gasteiger partial charge in [0, 0.05) is 24.7 Å². The van der Waals surface area contributed by atoms with Crippen LogP contribution in [0.25, 0.3) is 0 Å². The zero-order valence-corrected chi connectivity index (χ0v) is 18.9. The molecule has 0 spiro atoms. The highest BCUT2D eigenvalue weighted by atomic mass is 16.5. The van der Waals surface area contributed by atoms with Gasteiger partial charge in [0.05, 0.1) is 11.3 Å². The molecule has 0 unspecified atom stereocenters. The van der Waals surface area contributed by atoms with Gasteiger partial charge in [0.1, 0.15) is 29.5 Å². The minimum absolute atomic E-state index is 0.000919. The van der Waals surface area contributed by atoms with Crippen LogP contribution in [0.2, 0.25) is 0 Å². The highest BCUT2D eigenvalue weighted by Crippen LogP contribution is 2.26. The second-order valence-electron chi connectivity index (χ2n) is 7.85. The van der Waals surface area contributed by atoms with Crippen LogP contribution in [0.15, 0.2) is 60.9 Å². The monoisotopic (exact) mass is 454 g/mol. The molecule has 1 aromatic heterocycles. The minimum Gasteiger partial charge on any atom is -0.457 e. The Labute approximate surface area is 198 Å². The van der Waals surface area contributed by atoms with Crippen molar-refractivity contribution in [1.29, 1.82) is 5.41 Å². The standard InChI is InChI=1S/C26H26N6O2/c1-2-7-22(33)32-15-6-8-19(32)16-29-26-23(25(28)30-17-31-26)24(27)18-11-13-21(14-12-18)34-20-9-4-3-5-10-20/h3-5,9-14,17,19,27H,6,8,15-16H2,1H3,(H3,28,29,30,31)/t19-/m1/s1. The van der Waals surface area contributed by atoms with Crippen molar-refractivity contribution in [2.45, 2.75) is 25.8 Å². The molecule has 1 aliphatic heterocycles. The molecule has 172 valence electrons. The largest absolute Gasteiger partial charge is 0.457 e. The third-order valence-corrected chi connectivity index (χ3v) is 5.62. The Morgan fingerprint density at radius 1 is 1.18 bits per heavy atom. The molecule has 2 heterocycles. The van der Waals surface area contributed by atoms with E-state index in [1.165, 1.54) is 6.33 Å². The van der Waals surface area contributed by atoms with Crippen LogP contribution in [0.1, 0.15) is 30.9 Å². The van der Waals surface area contributed by atoms with Crippen molar-refractivity contribution in [3.63, 3.8) is 0 Å². The van der Waals surface area contributed by atoms with Crippen LogP contribution < -0.4 is 15.8 Å². The molecule has 4 rings (SSSR count). The van der Waals surface area contributed by atoms with Crippen molar-refractivity contribution in [1.82, 2.24) is 14.9 Å². The normalized spacial score (nSPS) is 14.7. The van der Waals surface area contributed by atoms with E-state index in [-0.39, 0.29) is 23.5 Å². The number of nitrogens with zero attached hydrogens (tertiary/aromatic N) is 3. The molecule has 0 radical (unpaired) electrons. The topological polar surface area (TPSA) is 117 Å². The molecule has 1 atom stereocenters. The van der Waals surface area contributed by atoms with Crippen LogP contribution in [-0.4, -0.2) is 45.6 Å². The Hall–Kier alpha value is -4.38. The lowest BCUT2D eigenvalue weighted by molar-refractivity contribution is -0.125. The van der Waals surface area contributed by atoms with Gasteiger partial charge < -0.3 is 20.7 Å². The summed E-state index contributed by atoms with van der Waals surface area (Å²) in [5.41, 5.74) is 7.42. The predicted molar refractivity (Wildman–Crippen MR) is 132 cm³/mol. The molecular weight excluding hydrogens is 428 g/mol. The van der Waals surface area contributed by atoms with Gasteiger partial charge in [-0.15, -0.1) is 0 Å². The van der Waals surface area contributed by atoms with Crippen molar-refractivity contribution >= 4 is 23.3 Å². The van der Waals surface area contributed by atoms with Crippen molar-refractivity contribution in [2.24, 2.45) is 0 Å². The quantitative estimate of drug-likeness (QED) is 0.370. The molecule has 1 aliphatic rings. The lowest BCUT2D eigenvalue weighted by atomic mass is 10.0. The Morgan fingerprint density at radius 3 is 2.65 bits per heavy atom. The van der Waals surface area contributed by atoms with Crippen LogP contribution >= 0.6 is 0 Å². The molecule has 8 nitrogen and oxygen atoms in total. The van der Waals surface area contributed by atoms with Crippen molar-refractivity contribution < 1.29 is 9.53 Å². The number of likely N-dealkylation sites (tertiary alicyclic amines) is 1. The molecule has 0 bridgehead atoms. The highest BCUT2D eigenvalue weighted by molar-refractivity contribution is 6.16. The van der Waals surface area contributed by atoms with E-state index in [1.807, 2.05) is 30.3 Å². The summed E-state index contributed by atoms with van der Waals surface area (Å²) in [4.78, 5) is 22.5. The fourth-order valence-electron chi connectivity index (χ4n) is 3.95. The summed E-state index contributed by atoms with van der Waals surface area (Å²) >= 11 is 0. The average Bonchev–Trinajstić information content (AvgIpc) is 3.32. The number of amides is 1. The molecule has 1 amide bonds. The van der Waals surface area contributed by atoms with E-state index in [2.05, 4.69) is 27.1 Å². The first-order valence-electron chi connectivity index (χ1n) is 11.1. The molecule has 34 heavy (non-hydrogen) atoms. The maximum Gasteiger partial charge on any atom is 0.298 e. The van der Waals surface area contributed by atoms with E-state index in [1.54, 1.807) is 36.1 Å². The number of aromatic nitrogens is 2. The number of anilines is 2. The number of nitrogens with two attached hydrogens (primary N) is 1. The van der Waals surface area contributed by atoms with Crippen LogP contribution in [0.3, 0.4) is 0 Å². The summed E-state index contributed by atoms with van der Waals surface area (Å²) in [7, 11) is 0. The van der Waals surface area contributed by atoms with E-state index >= 15 is 0 Å². The summed E-state index contributed by atoms with van der Waals surface area (Å²) < 4.78 is 5.83. The Balaban J connectivity index is 1.49. The summed E-state index contributed by atoms with van der Waals surface area (Å²) in [6.07, 6.45) is 3.17. The number of nitrogens with one attached hydrogen (secondary N) is 2. The molecule has 3 aromatic rings. The summed E-state index contributed by atoms with van der Waals surface area (Å²) in [6, 6.07) is 16.7. The zero-order chi connectivity index (χ0) is 23.9. The smallest absolute Gasteiger partial charge is 0.298 e. The first-order chi connectivity index (χ1) is 16.6. The average molecular weight is 455 g/mol. The molecule has 2 aromatic carbocycles. The van der Waals surface area contributed by atoms with Crippen molar-refractivity contribution in [3.8, 4) is 23.3 Å². The molecule has 0 saturated carbocycles. The number of hydrogen-bond acceptors (Lipinski definition) is 7. The first-order valence-corrected chi connectivity index (χ1v) is 11.1. The van der Waals surface area contributed by atoms with E-state index in [0.29, 0.717) is 35.8 Å². The maximum absolute atomic E-state index is 12.3. The molecule has 0 aliphatic carbocycles. The number of nitrogen functional groups attached to an aromatic ring is 1. The second kappa shape index (κ2) is 10.5. The molecule has 8 heteroatoms. The number of benzene rings is 2. The summed E-state index contributed by atoms with van der Waals surface area (Å²) in [5, 5.41) is 12.0. The van der Waals surface area contributed by atoms with Gasteiger partial charge in [0.2, 0.25) is 0 Å². The number of ether oxygens (including phenoxy) is 1. The van der Waals surface area contributed by atoms with Gasteiger partial charge in [-0.05, 0) is 62.1 Å². The van der Waals surface area contributed by atoms with Gasteiger partial charge >= 0.3 is 0 Å². The van der Waals surface area contributed by atoms with Gasteiger partial charge in [-0.2, -0.15) is 0 Å². The molecular formula is C26H26N6O2. The van der Waals surface area contributed by atoms with Crippen LogP contribution in [0.4, 0.5) is 11.6 Å². The second-order valence-corrected chi connectivity index (χ2v) is 7.85. The minimum atomic E-state index is -0.167. The van der Waals surface area contributed by atoms with Crippen LogP contribution in [-0.2, 0) is 4.79 Å². The number of para-hydroxylation sites is 1. The fourth-order valence-corrected chi connectivity index (χ4v) is 3.95. The van der Waals surface area contributed by atoms with Crippen LogP contribution in [0.5, 0.6) is 11.5 Å². The first kappa shape index (κ1) is 22.8. The molecule has 1 saturated heterocycles. The van der Waals surface area contributed by atoms with Gasteiger partial charge in [0.15, 0.2) is 0 Å². The molecule has 1 fully saturated rings. The van der Waals surface area contributed by atoms with Gasteiger partial charge in [-0.1, -0.05) is 24.1 Å². The third kappa shape index (κ3) is 5.15. The lowest BCUT2D eigenvalue weighted by Gasteiger charge is -2.23. The van der Waals surface area contributed by atoms with Crippen LogP contribution in [0, 0.1) is 17.3 Å². The SMILES string of the molecule is CC#CC(=O)N1CCC[C@@H]1CNc1ncnc(N)c1C(=N)c1ccc(Oc2ccccc2)cc1. The fraction of sp³-hybridized carbons (Fsp3) is 0.231. The number of hydrogen-bond donors (Lipinski definition) is 3. The Kier molecular flexibility index (Phi) is 7.04. The zero-order valence-electron chi connectivity index (χ0n) is 18.9. The highest BCUT2D eigenvalue weighted by Gasteiger charge is 2.28. The van der Waals surface area contributed by atoms with E-state index in [0.717, 1.165) is 18.6 Å². The van der Waals surface area contributed by atoms with E-state index in [9.17, 15) is 4.79 Å². The number of carbonyl (C=O) groups is 1. The number of rotatable bonds is 7. The van der Waals surface area contributed by atoms with E-state index in [4.69, 9.17) is 15.9 Å². The van der Waals surface area contributed by atoms with Gasteiger partial charge in [0.25, 0.3) is 5.91 Å².